The van der Waals surface area contributed by atoms with Gasteiger partial charge in [-0.05, 0) is 37.8 Å². The first-order valence-electron chi connectivity index (χ1n) is 6.69. The number of aromatic nitrogens is 2. The maximum absolute atomic E-state index is 4.54. The number of hydrogen-bond donors (Lipinski definition) is 1. The molecule has 98 valence electrons. The molecule has 2 rings (SSSR count). The first-order valence-corrected chi connectivity index (χ1v) is 7.57. The largest absolute Gasteiger partial charge is 0.314 e. The molecule has 0 aromatic carbocycles. The van der Waals surface area contributed by atoms with E-state index in [1.165, 1.54) is 16.8 Å². The molecule has 18 heavy (non-hydrogen) atoms. The minimum atomic E-state index is 0.454. The van der Waals surface area contributed by atoms with Crippen LogP contribution < -0.4 is 5.32 Å². The Hall–Kier alpha value is -1.000. The van der Waals surface area contributed by atoms with Crippen molar-refractivity contribution in [2.45, 2.75) is 45.6 Å². The molecule has 0 radical (unpaired) electrons. The van der Waals surface area contributed by atoms with Crippen LogP contribution in [0, 0.1) is 0 Å². The summed E-state index contributed by atoms with van der Waals surface area (Å²) in [5.41, 5.74) is 2.28. The number of thiophene rings is 1. The second-order valence-electron chi connectivity index (χ2n) is 4.65. The number of hydrogen-bond acceptors (Lipinski definition) is 4. The molecule has 0 fully saturated rings. The van der Waals surface area contributed by atoms with Crippen LogP contribution in [-0.4, -0.2) is 22.6 Å². The van der Waals surface area contributed by atoms with Crippen LogP contribution in [0.2, 0.25) is 0 Å². The fourth-order valence-corrected chi connectivity index (χ4v) is 3.27. The van der Waals surface area contributed by atoms with Crippen molar-refractivity contribution in [3.8, 4) is 0 Å². The Bertz CT molecular complexity index is 494. The molecular formula is C14H21N3S. The van der Waals surface area contributed by atoms with Gasteiger partial charge in [0, 0.05) is 12.0 Å². The van der Waals surface area contributed by atoms with Crippen molar-refractivity contribution in [2.75, 3.05) is 6.54 Å². The Kier molecular flexibility index (Phi) is 4.66. The van der Waals surface area contributed by atoms with Gasteiger partial charge in [-0.2, -0.15) is 0 Å². The van der Waals surface area contributed by atoms with Crippen molar-refractivity contribution in [1.82, 2.24) is 15.3 Å². The topological polar surface area (TPSA) is 37.8 Å². The molecule has 0 amide bonds. The predicted molar refractivity (Wildman–Crippen MR) is 78.2 cm³/mol. The molecule has 0 aliphatic carbocycles. The van der Waals surface area contributed by atoms with Gasteiger partial charge in [-0.3, -0.25) is 0 Å². The van der Waals surface area contributed by atoms with E-state index in [1.807, 2.05) is 0 Å². The van der Waals surface area contributed by atoms with Crippen LogP contribution in [0.3, 0.4) is 0 Å². The molecule has 2 unspecified atom stereocenters. The lowest BCUT2D eigenvalue weighted by Gasteiger charge is -2.23. The molecule has 0 aliphatic heterocycles. The maximum Gasteiger partial charge on any atom is 0.116 e. The van der Waals surface area contributed by atoms with Crippen molar-refractivity contribution in [1.29, 1.82) is 0 Å². The van der Waals surface area contributed by atoms with E-state index in [0.29, 0.717) is 12.0 Å². The molecule has 2 aromatic heterocycles. The molecule has 0 saturated heterocycles. The zero-order valence-corrected chi connectivity index (χ0v) is 12.1. The lowest BCUT2D eigenvalue weighted by atomic mass is 9.94. The summed E-state index contributed by atoms with van der Waals surface area (Å²) in [4.78, 5) is 8.86. The minimum absolute atomic E-state index is 0.454. The van der Waals surface area contributed by atoms with E-state index in [9.17, 15) is 0 Å². The van der Waals surface area contributed by atoms with E-state index in [4.69, 9.17) is 0 Å². The van der Waals surface area contributed by atoms with Gasteiger partial charge in [0.05, 0.1) is 15.9 Å². The van der Waals surface area contributed by atoms with Crippen molar-refractivity contribution in [3.63, 3.8) is 0 Å². The summed E-state index contributed by atoms with van der Waals surface area (Å²) in [5, 5.41) is 5.68. The molecule has 0 bridgehead atoms. The average Bonchev–Trinajstić information content (AvgIpc) is 2.86. The monoisotopic (exact) mass is 263 g/mol. The van der Waals surface area contributed by atoms with E-state index in [-0.39, 0.29) is 0 Å². The molecular weight excluding hydrogens is 242 g/mol. The summed E-state index contributed by atoms with van der Waals surface area (Å²) in [6.45, 7) is 7.75. The van der Waals surface area contributed by atoms with E-state index in [2.05, 4.69) is 47.5 Å². The Morgan fingerprint density at radius 3 is 2.89 bits per heavy atom. The SMILES string of the molecule is CCCNC(C)C(CC)c1ncnc2ccsc12. The van der Waals surface area contributed by atoms with E-state index >= 15 is 0 Å². The zero-order chi connectivity index (χ0) is 13.0. The van der Waals surface area contributed by atoms with Gasteiger partial charge in [-0.1, -0.05) is 13.8 Å². The van der Waals surface area contributed by atoms with Gasteiger partial charge < -0.3 is 5.32 Å². The molecule has 0 saturated carbocycles. The Labute approximate surface area is 113 Å². The lowest BCUT2D eigenvalue weighted by Crippen LogP contribution is -2.33. The lowest BCUT2D eigenvalue weighted by molar-refractivity contribution is 0.445. The summed E-state index contributed by atoms with van der Waals surface area (Å²) >= 11 is 1.75. The van der Waals surface area contributed by atoms with Crippen molar-refractivity contribution in [2.24, 2.45) is 0 Å². The third-order valence-corrected chi connectivity index (χ3v) is 4.31. The fraction of sp³-hybridized carbons (Fsp3) is 0.571. The summed E-state index contributed by atoms with van der Waals surface area (Å²) in [5.74, 6) is 0.459. The molecule has 4 heteroatoms. The number of nitrogens with one attached hydrogen (secondary N) is 1. The van der Waals surface area contributed by atoms with Crippen molar-refractivity contribution >= 4 is 21.6 Å². The predicted octanol–water partition coefficient (Wildman–Crippen LogP) is 3.57. The quantitative estimate of drug-likeness (QED) is 0.865. The van der Waals surface area contributed by atoms with Crippen LogP contribution in [0.1, 0.15) is 45.2 Å². The van der Waals surface area contributed by atoms with Gasteiger partial charge in [0.2, 0.25) is 0 Å². The van der Waals surface area contributed by atoms with Gasteiger partial charge in [-0.25, -0.2) is 9.97 Å². The smallest absolute Gasteiger partial charge is 0.116 e. The molecule has 2 atom stereocenters. The molecule has 2 aromatic rings. The van der Waals surface area contributed by atoms with Gasteiger partial charge in [0.15, 0.2) is 0 Å². The van der Waals surface area contributed by atoms with E-state index in [1.54, 1.807) is 17.7 Å². The highest BCUT2D eigenvalue weighted by molar-refractivity contribution is 7.17. The molecule has 3 nitrogen and oxygen atoms in total. The van der Waals surface area contributed by atoms with Gasteiger partial charge in [0.1, 0.15) is 6.33 Å². The normalized spacial score (nSPS) is 14.8. The number of fused-ring (bicyclic) bond motifs is 1. The third-order valence-electron chi connectivity index (χ3n) is 3.38. The molecule has 0 aliphatic rings. The van der Waals surface area contributed by atoms with Crippen LogP contribution in [0.5, 0.6) is 0 Å². The first-order chi connectivity index (χ1) is 8.77. The minimum Gasteiger partial charge on any atom is -0.314 e. The zero-order valence-electron chi connectivity index (χ0n) is 11.3. The number of nitrogens with zero attached hydrogens (tertiary/aromatic N) is 2. The first kappa shape index (κ1) is 13.4. The van der Waals surface area contributed by atoms with Crippen LogP contribution in [0.25, 0.3) is 10.2 Å². The third kappa shape index (κ3) is 2.70. The average molecular weight is 263 g/mol. The van der Waals surface area contributed by atoms with Gasteiger partial charge in [-0.15, -0.1) is 11.3 Å². The summed E-state index contributed by atoms with van der Waals surface area (Å²) in [6, 6.07) is 2.53. The van der Waals surface area contributed by atoms with E-state index < -0.39 is 0 Å². The fourth-order valence-electron chi connectivity index (χ4n) is 2.37. The second-order valence-corrected chi connectivity index (χ2v) is 5.57. The number of rotatable bonds is 6. The highest BCUT2D eigenvalue weighted by Crippen LogP contribution is 2.30. The van der Waals surface area contributed by atoms with Crippen LogP contribution in [0.4, 0.5) is 0 Å². The van der Waals surface area contributed by atoms with Crippen molar-refractivity contribution in [3.05, 3.63) is 23.5 Å². The van der Waals surface area contributed by atoms with Gasteiger partial charge >= 0.3 is 0 Å². The van der Waals surface area contributed by atoms with Crippen LogP contribution in [-0.2, 0) is 0 Å². The van der Waals surface area contributed by atoms with Crippen molar-refractivity contribution < 1.29 is 0 Å². The second kappa shape index (κ2) is 6.25. The Balaban J connectivity index is 2.29. The standard InChI is InChI=1S/C14H21N3S/c1-4-7-15-10(3)11(5-2)13-14-12(6-8-18-14)16-9-17-13/h6,8-11,15H,4-5,7H2,1-3H3. The Morgan fingerprint density at radius 2 is 2.17 bits per heavy atom. The summed E-state index contributed by atoms with van der Waals surface area (Å²) in [6.07, 6.45) is 3.96. The summed E-state index contributed by atoms with van der Waals surface area (Å²) in [7, 11) is 0. The van der Waals surface area contributed by atoms with E-state index in [0.717, 1.165) is 18.5 Å². The van der Waals surface area contributed by atoms with Gasteiger partial charge in [0.25, 0.3) is 0 Å². The maximum atomic E-state index is 4.54. The summed E-state index contributed by atoms with van der Waals surface area (Å²) < 4.78 is 1.24. The Morgan fingerprint density at radius 1 is 1.33 bits per heavy atom. The highest BCUT2D eigenvalue weighted by atomic mass is 32.1. The molecule has 0 spiro atoms. The van der Waals surface area contributed by atoms with Crippen LogP contribution >= 0.6 is 11.3 Å². The highest BCUT2D eigenvalue weighted by Gasteiger charge is 2.21. The molecule has 2 heterocycles. The molecule has 1 N–H and O–H groups in total. The van der Waals surface area contributed by atoms with Crippen LogP contribution in [0.15, 0.2) is 17.8 Å².